The number of rotatable bonds is 4. The summed E-state index contributed by atoms with van der Waals surface area (Å²) in [4.78, 5) is 32.8. The Bertz CT molecular complexity index is 1190. The van der Waals surface area contributed by atoms with Gasteiger partial charge < -0.3 is 9.88 Å². The van der Waals surface area contributed by atoms with Gasteiger partial charge >= 0.3 is 0 Å². The van der Waals surface area contributed by atoms with Crippen LogP contribution in [0.5, 0.6) is 0 Å². The number of amides is 1. The second-order valence-corrected chi connectivity index (χ2v) is 8.02. The average molecular weight is 436 g/mol. The number of fused-ring (bicyclic) bond motifs is 1. The van der Waals surface area contributed by atoms with Crippen LogP contribution in [0.1, 0.15) is 18.0 Å². The van der Waals surface area contributed by atoms with Gasteiger partial charge in [-0.3, -0.25) is 14.2 Å². The summed E-state index contributed by atoms with van der Waals surface area (Å²) in [6, 6.07) is 3.12. The first-order valence-electron chi connectivity index (χ1n) is 8.42. The van der Waals surface area contributed by atoms with Crippen LogP contribution < -0.4 is 10.9 Å². The largest absolute Gasteiger partial charge is 0.320 e. The number of imidazole rings is 1. The van der Waals surface area contributed by atoms with Gasteiger partial charge in [0.15, 0.2) is 10.8 Å². The highest BCUT2D eigenvalue weighted by atomic mass is 35.5. The van der Waals surface area contributed by atoms with E-state index in [1.54, 1.807) is 24.0 Å². The fourth-order valence-corrected chi connectivity index (χ4v) is 4.16. The van der Waals surface area contributed by atoms with Gasteiger partial charge in [-0.15, -0.1) is 11.3 Å². The molecule has 0 saturated heterocycles. The summed E-state index contributed by atoms with van der Waals surface area (Å²) in [5.74, 6) is -0.190. The molecule has 3 aromatic heterocycles. The van der Waals surface area contributed by atoms with Crippen molar-refractivity contribution >= 4 is 56.7 Å². The second-order valence-electron chi connectivity index (χ2n) is 6.35. The summed E-state index contributed by atoms with van der Waals surface area (Å²) in [6.45, 7) is 0.0666. The Hall–Kier alpha value is -2.42. The van der Waals surface area contributed by atoms with Gasteiger partial charge in [0, 0.05) is 24.4 Å². The highest BCUT2D eigenvalue weighted by Gasteiger charge is 2.18. The normalized spacial score (nSPS) is 16.8. The van der Waals surface area contributed by atoms with Crippen molar-refractivity contribution in [1.29, 1.82) is 0 Å². The lowest BCUT2D eigenvalue weighted by molar-refractivity contribution is -0.116. The molecule has 0 saturated carbocycles. The molecule has 1 atom stereocenters. The molecule has 0 spiro atoms. The van der Waals surface area contributed by atoms with E-state index in [2.05, 4.69) is 15.3 Å². The molecule has 1 amide bonds. The van der Waals surface area contributed by atoms with Crippen LogP contribution in [-0.2, 0) is 18.4 Å². The number of aryl methyl sites for hydroxylation is 1. The van der Waals surface area contributed by atoms with Gasteiger partial charge in [0.25, 0.3) is 5.56 Å². The Balaban J connectivity index is 1.46. The molecule has 28 heavy (non-hydrogen) atoms. The number of nitrogens with zero attached hydrogens (tertiary/aromatic N) is 4. The first-order valence-corrected chi connectivity index (χ1v) is 10.1. The number of thiazole rings is 1. The van der Waals surface area contributed by atoms with Gasteiger partial charge in [0.2, 0.25) is 5.91 Å². The van der Waals surface area contributed by atoms with Gasteiger partial charge in [-0.25, -0.2) is 9.97 Å². The topological polar surface area (TPSA) is 81.8 Å². The number of hydrogen-bond donors (Lipinski definition) is 1. The predicted octanol–water partition coefficient (Wildman–Crippen LogP) is 3.56. The van der Waals surface area contributed by atoms with Crippen molar-refractivity contribution in [2.75, 3.05) is 5.32 Å². The van der Waals surface area contributed by atoms with Crippen molar-refractivity contribution in [3.05, 3.63) is 62.1 Å². The van der Waals surface area contributed by atoms with Crippen LogP contribution in [0.2, 0.25) is 0 Å². The minimum absolute atomic E-state index is 0.0378. The standard InChI is InChI=1S/C18H15Cl2N5O2S/c1-24-16(27)5-4-14-17(24)21-9-25(14)7-15(26)23-18-22-13(8-28-18)10-2-3-11(19)12(20)6-10/h3-6,8-10H,2,7H2,1H3,(H,22,23,26). The molecule has 1 aliphatic carbocycles. The number of nitrogens with one attached hydrogen (secondary N) is 1. The Morgan fingerprint density at radius 3 is 2.96 bits per heavy atom. The third-order valence-electron chi connectivity index (χ3n) is 4.48. The third-order valence-corrected chi connectivity index (χ3v) is 6.04. The number of aromatic nitrogens is 4. The first-order chi connectivity index (χ1) is 13.4. The Morgan fingerprint density at radius 1 is 1.36 bits per heavy atom. The molecule has 1 aliphatic rings. The lowest BCUT2D eigenvalue weighted by Crippen LogP contribution is -2.19. The molecule has 1 unspecified atom stereocenters. The van der Waals surface area contributed by atoms with Crippen molar-refractivity contribution in [2.45, 2.75) is 18.9 Å². The maximum absolute atomic E-state index is 12.4. The minimum atomic E-state index is -0.228. The molecule has 7 nitrogen and oxygen atoms in total. The van der Waals surface area contributed by atoms with Crippen molar-refractivity contribution in [3.63, 3.8) is 0 Å². The summed E-state index contributed by atoms with van der Waals surface area (Å²) in [5, 5.41) is 6.28. The van der Waals surface area contributed by atoms with Crippen LogP contribution in [0.3, 0.4) is 0 Å². The quantitative estimate of drug-likeness (QED) is 0.678. The summed E-state index contributed by atoms with van der Waals surface area (Å²) < 4.78 is 3.13. The van der Waals surface area contributed by atoms with Gasteiger partial charge in [-0.1, -0.05) is 35.4 Å². The van der Waals surface area contributed by atoms with Gasteiger partial charge in [0.1, 0.15) is 6.54 Å². The molecule has 144 valence electrons. The summed E-state index contributed by atoms with van der Waals surface area (Å²) >= 11 is 13.4. The van der Waals surface area contributed by atoms with Crippen LogP contribution >= 0.6 is 34.5 Å². The van der Waals surface area contributed by atoms with Gasteiger partial charge in [-0.2, -0.15) is 0 Å². The molecule has 0 aromatic carbocycles. The number of carbonyl (C=O) groups is 1. The molecule has 0 radical (unpaired) electrons. The summed E-state index contributed by atoms with van der Waals surface area (Å²) in [5.41, 5.74) is 1.93. The van der Waals surface area contributed by atoms with Gasteiger partial charge in [0.05, 0.1) is 27.6 Å². The Morgan fingerprint density at radius 2 is 2.18 bits per heavy atom. The molecule has 3 aromatic rings. The van der Waals surface area contributed by atoms with Crippen LogP contribution in [0.15, 0.2) is 50.9 Å². The highest BCUT2D eigenvalue weighted by molar-refractivity contribution is 7.13. The smallest absolute Gasteiger partial charge is 0.252 e. The third kappa shape index (κ3) is 3.63. The fraction of sp³-hybridized carbons (Fsp3) is 0.222. The molecular weight excluding hydrogens is 421 g/mol. The van der Waals surface area contributed by atoms with E-state index in [0.717, 1.165) is 5.69 Å². The zero-order valence-corrected chi connectivity index (χ0v) is 17.1. The van der Waals surface area contributed by atoms with E-state index in [-0.39, 0.29) is 23.9 Å². The highest BCUT2D eigenvalue weighted by Crippen LogP contribution is 2.35. The van der Waals surface area contributed by atoms with E-state index in [1.807, 2.05) is 17.5 Å². The number of halogens is 2. The molecule has 3 heterocycles. The number of anilines is 1. The van der Waals surface area contributed by atoms with Crippen molar-refractivity contribution in [1.82, 2.24) is 19.1 Å². The zero-order valence-electron chi connectivity index (χ0n) is 14.7. The van der Waals surface area contributed by atoms with E-state index in [9.17, 15) is 9.59 Å². The molecule has 10 heteroatoms. The minimum Gasteiger partial charge on any atom is -0.320 e. The van der Waals surface area contributed by atoms with Crippen LogP contribution in [-0.4, -0.2) is 25.0 Å². The van der Waals surface area contributed by atoms with Crippen LogP contribution in [0.25, 0.3) is 11.2 Å². The monoisotopic (exact) mass is 435 g/mol. The number of pyridine rings is 1. The predicted molar refractivity (Wildman–Crippen MR) is 111 cm³/mol. The molecule has 0 aliphatic heterocycles. The lowest BCUT2D eigenvalue weighted by atomic mass is 9.98. The van der Waals surface area contributed by atoms with E-state index in [4.69, 9.17) is 23.2 Å². The number of carbonyl (C=O) groups excluding carboxylic acids is 1. The zero-order chi connectivity index (χ0) is 19.8. The Labute approximate surface area is 173 Å². The van der Waals surface area contributed by atoms with Crippen molar-refractivity contribution in [2.24, 2.45) is 7.05 Å². The van der Waals surface area contributed by atoms with Crippen LogP contribution in [0, 0.1) is 0 Å². The van der Waals surface area contributed by atoms with Crippen molar-refractivity contribution in [3.8, 4) is 0 Å². The SMILES string of the molecule is Cn1c(=O)ccc2c1ncn2CC(=O)Nc1nc(C2C=C(Cl)C(Cl)=CC2)cs1. The average Bonchev–Trinajstić information content (AvgIpc) is 3.28. The van der Waals surface area contributed by atoms with E-state index in [1.165, 1.54) is 22.0 Å². The second kappa shape index (κ2) is 7.54. The molecule has 0 fully saturated rings. The molecule has 4 rings (SSSR count). The number of allylic oxidation sites excluding steroid dienone is 4. The van der Waals surface area contributed by atoms with Crippen LogP contribution in [0.4, 0.5) is 5.13 Å². The maximum Gasteiger partial charge on any atom is 0.252 e. The summed E-state index contributed by atoms with van der Waals surface area (Å²) in [6.07, 6.45) is 5.99. The lowest BCUT2D eigenvalue weighted by Gasteiger charge is -2.13. The number of hydrogen-bond acceptors (Lipinski definition) is 5. The fourth-order valence-electron chi connectivity index (χ4n) is 2.99. The van der Waals surface area contributed by atoms with Crippen molar-refractivity contribution < 1.29 is 4.79 Å². The molecule has 0 bridgehead atoms. The first kappa shape index (κ1) is 18.9. The van der Waals surface area contributed by atoms with E-state index in [0.29, 0.717) is 32.8 Å². The van der Waals surface area contributed by atoms with Gasteiger partial charge in [-0.05, 0) is 12.5 Å². The Kier molecular flexibility index (Phi) is 5.09. The molecular formula is C18H15Cl2N5O2S. The summed E-state index contributed by atoms with van der Waals surface area (Å²) in [7, 11) is 1.65. The van der Waals surface area contributed by atoms with E-state index >= 15 is 0 Å². The molecule has 1 N–H and O–H groups in total. The van der Waals surface area contributed by atoms with E-state index < -0.39 is 0 Å². The maximum atomic E-state index is 12.4.